The monoisotopic (exact) mass is 267 g/mol. The van der Waals surface area contributed by atoms with Crippen molar-refractivity contribution in [3.8, 4) is 0 Å². The minimum atomic E-state index is 0.715. The summed E-state index contributed by atoms with van der Waals surface area (Å²) in [7, 11) is 2.04. The molecule has 18 heavy (non-hydrogen) atoms. The van der Waals surface area contributed by atoms with Gasteiger partial charge in [0, 0.05) is 5.02 Å². The smallest absolute Gasteiger partial charge is 0.0408 e. The van der Waals surface area contributed by atoms with Crippen molar-refractivity contribution in [2.24, 2.45) is 11.8 Å². The van der Waals surface area contributed by atoms with E-state index in [-0.39, 0.29) is 0 Å². The van der Waals surface area contributed by atoms with Crippen LogP contribution in [0.2, 0.25) is 5.02 Å². The van der Waals surface area contributed by atoms with Crippen LogP contribution in [0.3, 0.4) is 0 Å². The molecule has 1 rings (SSSR count). The van der Waals surface area contributed by atoms with Gasteiger partial charge in [0.15, 0.2) is 0 Å². The zero-order valence-electron chi connectivity index (χ0n) is 11.9. The number of rotatable bonds is 8. The molecule has 0 aromatic heterocycles. The summed E-state index contributed by atoms with van der Waals surface area (Å²) in [5.74, 6) is 1.53. The third-order valence-corrected chi connectivity index (χ3v) is 3.54. The number of hydrogen-bond donors (Lipinski definition) is 1. The van der Waals surface area contributed by atoms with Gasteiger partial charge in [-0.2, -0.15) is 0 Å². The topological polar surface area (TPSA) is 12.0 Å². The van der Waals surface area contributed by atoms with Crippen molar-refractivity contribution in [3.05, 3.63) is 34.9 Å². The molecule has 1 nitrogen and oxygen atoms in total. The summed E-state index contributed by atoms with van der Waals surface area (Å²) in [5.41, 5.74) is 1.35. The SMILES string of the molecule is CNCC(CCCC(C)C)Cc1cccc(Cl)c1. The van der Waals surface area contributed by atoms with E-state index in [0.29, 0.717) is 5.92 Å². The Kier molecular flexibility index (Phi) is 7.38. The minimum Gasteiger partial charge on any atom is -0.319 e. The average molecular weight is 268 g/mol. The molecule has 0 fully saturated rings. The van der Waals surface area contributed by atoms with Gasteiger partial charge < -0.3 is 5.32 Å². The van der Waals surface area contributed by atoms with Crippen molar-refractivity contribution in [2.75, 3.05) is 13.6 Å². The maximum Gasteiger partial charge on any atom is 0.0408 e. The zero-order valence-corrected chi connectivity index (χ0v) is 12.6. The molecule has 0 spiro atoms. The summed E-state index contributed by atoms with van der Waals surface area (Å²) in [6.45, 7) is 5.68. The van der Waals surface area contributed by atoms with Crippen molar-refractivity contribution >= 4 is 11.6 Å². The van der Waals surface area contributed by atoms with Crippen LogP contribution in [0.4, 0.5) is 0 Å². The van der Waals surface area contributed by atoms with Gasteiger partial charge in [0.2, 0.25) is 0 Å². The van der Waals surface area contributed by atoms with Gasteiger partial charge >= 0.3 is 0 Å². The molecular formula is C16H26ClN. The molecule has 0 amide bonds. The molecular weight excluding hydrogens is 242 g/mol. The molecule has 1 aromatic rings. The highest BCUT2D eigenvalue weighted by Gasteiger charge is 2.09. The Morgan fingerprint density at radius 2 is 2.00 bits per heavy atom. The molecule has 0 aliphatic rings. The van der Waals surface area contributed by atoms with E-state index in [2.05, 4.69) is 31.3 Å². The van der Waals surface area contributed by atoms with Crippen LogP contribution < -0.4 is 5.32 Å². The lowest BCUT2D eigenvalue weighted by Gasteiger charge is -2.17. The summed E-state index contributed by atoms with van der Waals surface area (Å²) < 4.78 is 0. The molecule has 0 saturated heterocycles. The highest BCUT2D eigenvalue weighted by Crippen LogP contribution is 2.19. The van der Waals surface area contributed by atoms with Crippen molar-refractivity contribution < 1.29 is 0 Å². The summed E-state index contributed by atoms with van der Waals surface area (Å²) in [5, 5.41) is 4.15. The molecule has 0 aliphatic heterocycles. The Morgan fingerprint density at radius 1 is 1.22 bits per heavy atom. The van der Waals surface area contributed by atoms with E-state index in [4.69, 9.17) is 11.6 Å². The van der Waals surface area contributed by atoms with E-state index in [1.807, 2.05) is 19.2 Å². The second-order valence-corrected chi connectivity index (χ2v) is 6.02. The fourth-order valence-corrected chi connectivity index (χ4v) is 2.59. The van der Waals surface area contributed by atoms with Crippen molar-refractivity contribution in [1.29, 1.82) is 0 Å². The summed E-state index contributed by atoms with van der Waals surface area (Å²) >= 11 is 6.04. The second-order valence-electron chi connectivity index (χ2n) is 5.58. The summed E-state index contributed by atoms with van der Waals surface area (Å²) in [6, 6.07) is 8.25. The average Bonchev–Trinajstić information content (AvgIpc) is 2.28. The molecule has 0 aliphatic carbocycles. The fourth-order valence-electron chi connectivity index (χ4n) is 2.38. The van der Waals surface area contributed by atoms with Crippen LogP contribution in [0.1, 0.15) is 38.7 Å². The number of nitrogens with one attached hydrogen (secondary N) is 1. The first-order valence-corrected chi connectivity index (χ1v) is 7.38. The first-order valence-electron chi connectivity index (χ1n) is 7.01. The molecule has 1 unspecified atom stereocenters. The Labute approximate surface area is 117 Å². The molecule has 1 aromatic carbocycles. The second kappa shape index (κ2) is 8.55. The van der Waals surface area contributed by atoms with Gasteiger partial charge in [-0.1, -0.05) is 50.4 Å². The number of halogens is 1. The standard InChI is InChI=1S/C16H26ClN/c1-13(2)6-4-8-15(12-18-3)10-14-7-5-9-16(17)11-14/h5,7,9,11,13,15,18H,4,6,8,10,12H2,1-3H3. The maximum absolute atomic E-state index is 6.04. The van der Waals surface area contributed by atoms with E-state index in [1.165, 1.54) is 24.8 Å². The highest BCUT2D eigenvalue weighted by atomic mass is 35.5. The van der Waals surface area contributed by atoms with Gasteiger partial charge in [-0.15, -0.1) is 0 Å². The zero-order chi connectivity index (χ0) is 13.4. The van der Waals surface area contributed by atoms with Crippen molar-refractivity contribution in [2.45, 2.75) is 39.5 Å². The van der Waals surface area contributed by atoms with Gasteiger partial charge in [0.25, 0.3) is 0 Å². The van der Waals surface area contributed by atoms with Crippen LogP contribution in [-0.4, -0.2) is 13.6 Å². The predicted molar refractivity (Wildman–Crippen MR) is 81.3 cm³/mol. The van der Waals surface area contributed by atoms with Gasteiger partial charge in [-0.3, -0.25) is 0 Å². The molecule has 0 bridgehead atoms. The first kappa shape index (κ1) is 15.5. The number of hydrogen-bond acceptors (Lipinski definition) is 1. The molecule has 2 heteroatoms. The van der Waals surface area contributed by atoms with Crippen molar-refractivity contribution in [1.82, 2.24) is 5.32 Å². The fraction of sp³-hybridized carbons (Fsp3) is 0.625. The van der Waals surface area contributed by atoms with Crippen LogP contribution in [-0.2, 0) is 6.42 Å². The molecule has 0 radical (unpaired) electrons. The van der Waals surface area contributed by atoms with Gasteiger partial charge in [0.05, 0.1) is 0 Å². The van der Waals surface area contributed by atoms with E-state index < -0.39 is 0 Å². The third-order valence-electron chi connectivity index (χ3n) is 3.30. The lowest BCUT2D eigenvalue weighted by molar-refractivity contribution is 0.417. The van der Waals surface area contributed by atoms with E-state index in [0.717, 1.165) is 23.9 Å². The Morgan fingerprint density at radius 3 is 2.61 bits per heavy atom. The van der Waals surface area contributed by atoms with E-state index >= 15 is 0 Å². The van der Waals surface area contributed by atoms with Gasteiger partial charge in [0.1, 0.15) is 0 Å². The Bertz CT molecular complexity index is 336. The lowest BCUT2D eigenvalue weighted by Crippen LogP contribution is -2.21. The first-order chi connectivity index (χ1) is 8.61. The molecule has 0 saturated carbocycles. The Hall–Kier alpha value is -0.530. The van der Waals surface area contributed by atoms with Crippen LogP contribution in [0, 0.1) is 11.8 Å². The summed E-state index contributed by atoms with van der Waals surface area (Å²) in [4.78, 5) is 0. The van der Waals surface area contributed by atoms with Gasteiger partial charge in [-0.25, -0.2) is 0 Å². The lowest BCUT2D eigenvalue weighted by atomic mass is 9.92. The quantitative estimate of drug-likeness (QED) is 0.729. The predicted octanol–water partition coefficient (Wildman–Crippen LogP) is 4.54. The molecule has 0 heterocycles. The van der Waals surface area contributed by atoms with E-state index in [1.54, 1.807) is 0 Å². The van der Waals surface area contributed by atoms with Gasteiger partial charge in [-0.05, 0) is 56.0 Å². The minimum absolute atomic E-state index is 0.715. The van der Waals surface area contributed by atoms with E-state index in [9.17, 15) is 0 Å². The molecule has 1 atom stereocenters. The third kappa shape index (κ3) is 6.42. The van der Waals surface area contributed by atoms with Crippen LogP contribution in [0.5, 0.6) is 0 Å². The molecule has 1 N–H and O–H groups in total. The normalized spacial score (nSPS) is 12.9. The van der Waals surface area contributed by atoms with Crippen LogP contribution >= 0.6 is 11.6 Å². The van der Waals surface area contributed by atoms with Crippen molar-refractivity contribution in [3.63, 3.8) is 0 Å². The highest BCUT2D eigenvalue weighted by molar-refractivity contribution is 6.30. The maximum atomic E-state index is 6.04. The Balaban J connectivity index is 2.46. The largest absolute Gasteiger partial charge is 0.319 e. The number of benzene rings is 1. The molecule has 102 valence electrons. The summed E-state index contributed by atoms with van der Waals surface area (Å²) in [6.07, 6.45) is 5.07. The van der Waals surface area contributed by atoms with Crippen LogP contribution in [0.25, 0.3) is 0 Å². The van der Waals surface area contributed by atoms with Crippen LogP contribution in [0.15, 0.2) is 24.3 Å².